The first-order valence-corrected chi connectivity index (χ1v) is 6.40. The van der Waals surface area contributed by atoms with Gasteiger partial charge < -0.3 is 16.4 Å². The van der Waals surface area contributed by atoms with Gasteiger partial charge in [-0.05, 0) is 30.2 Å². The molecule has 0 aliphatic rings. The Morgan fingerprint density at radius 2 is 1.86 bits per heavy atom. The Hall–Kier alpha value is -1.76. The molecule has 0 aliphatic carbocycles. The van der Waals surface area contributed by atoms with Crippen LogP contribution in [0.3, 0.4) is 0 Å². The van der Waals surface area contributed by atoms with Crippen LogP contribution in [0.2, 0.25) is 0 Å². The number of carbonyl (C=O) groups excluding carboxylic acids is 1. The second kappa shape index (κ2) is 5.93. The largest absolute Gasteiger partial charge is 0.416 e. The fraction of sp³-hybridized carbons (Fsp3) is 0.500. The first-order chi connectivity index (χ1) is 9.48. The van der Waals surface area contributed by atoms with Crippen LogP contribution in [0.15, 0.2) is 18.2 Å². The third kappa shape index (κ3) is 4.35. The Morgan fingerprint density at radius 1 is 1.29 bits per heavy atom. The summed E-state index contributed by atoms with van der Waals surface area (Å²) >= 11 is 0. The van der Waals surface area contributed by atoms with Gasteiger partial charge in [-0.15, -0.1) is 0 Å². The molecule has 0 fully saturated rings. The van der Waals surface area contributed by atoms with E-state index in [9.17, 15) is 18.0 Å². The van der Waals surface area contributed by atoms with Crippen LogP contribution in [0, 0.1) is 5.41 Å². The summed E-state index contributed by atoms with van der Waals surface area (Å²) in [7, 11) is 1.69. The van der Waals surface area contributed by atoms with E-state index in [1.54, 1.807) is 11.9 Å². The van der Waals surface area contributed by atoms with Gasteiger partial charge in [-0.3, -0.25) is 4.79 Å². The number of carbonyl (C=O) groups is 1. The second-order valence-corrected chi connectivity index (χ2v) is 5.82. The van der Waals surface area contributed by atoms with Crippen LogP contribution in [-0.2, 0) is 6.18 Å². The highest BCUT2D eigenvalue weighted by Gasteiger charge is 2.32. The molecule has 7 heteroatoms. The van der Waals surface area contributed by atoms with Gasteiger partial charge in [0.1, 0.15) is 0 Å². The minimum Gasteiger partial charge on any atom is -0.373 e. The molecule has 4 nitrogen and oxygen atoms in total. The molecule has 0 heterocycles. The Kier molecular flexibility index (Phi) is 4.88. The highest BCUT2D eigenvalue weighted by Crippen LogP contribution is 2.33. The molecule has 0 radical (unpaired) electrons. The normalized spacial score (nSPS) is 12.3. The fourth-order valence-electron chi connectivity index (χ4n) is 2.03. The average molecular weight is 303 g/mol. The molecule has 0 unspecified atom stereocenters. The number of rotatable bonds is 5. The molecular formula is C14H20F3N3O. The van der Waals surface area contributed by atoms with Crippen molar-refractivity contribution in [3.8, 4) is 0 Å². The van der Waals surface area contributed by atoms with Gasteiger partial charge in [-0.2, -0.15) is 13.2 Å². The Balaban J connectivity index is 3.21. The minimum absolute atomic E-state index is 0.153. The summed E-state index contributed by atoms with van der Waals surface area (Å²) in [5.41, 5.74) is 9.91. The molecule has 0 aromatic heterocycles. The van der Waals surface area contributed by atoms with Crippen LogP contribution in [0.4, 0.5) is 18.9 Å². The van der Waals surface area contributed by atoms with Crippen molar-refractivity contribution in [3.63, 3.8) is 0 Å². The lowest BCUT2D eigenvalue weighted by Crippen LogP contribution is -2.37. The summed E-state index contributed by atoms with van der Waals surface area (Å²) in [4.78, 5) is 13.1. The first-order valence-electron chi connectivity index (χ1n) is 6.40. The van der Waals surface area contributed by atoms with Crippen molar-refractivity contribution in [1.82, 2.24) is 0 Å². The third-order valence-corrected chi connectivity index (χ3v) is 3.22. The van der Waals surface area contributed by atoms with Gasteiger partial charge in [-0.25, -0.2) is 0 Å². The zero-order valence-corrected chi connectivity index (χ0v) is 12.3. The topological polar surface area (TPSA) is 72.3 Å². The molecule has 0 spiro atoms. The number of hydrogen-bond donors (Lipinski definition) is 2. The third-order valence-electron chi connectivity index (χ3n) is 3.22. The average Bonchev–Trinajstić information content (AvgIpc) is 2.36. The molecule has 0 saturated heterocycles. The highest BCUT2D eigenvalue weighted by atomic mass is 19.4. The second-order valence-electron chi connectivity index (χ2n) is 5.82. The zero-order chi connectivity index (χ0) is 16.4. The fourth-order valence-corrected chi connectivity index (χ4v) is 2.03. The number of alkyl halides is 3. The SMILES string of the molecule is CN(CC(C)(C)CN)c1ccc(C(F)(F)F)cc1C(N)=O. The van der Waals surface area contributed by atoms with Crippen LogP contribution in [0.1, 0.15) is 29.8 Å². The summed E-state index contributed by atoms with van der Waals surface area (Å²) in [6.45, 7) is 4.74. The molecule has 0 bridgehead atoms. The maximum Gasteiger partial charge on any atom is 0.416 e. The highest BCUT2D eigenvalue weighted by molar-refractivity contribution is 5.98. The number of hydrogen-bond acceptors (Lipinski definition) is 3. The Morgan fingerprint density at radius 3 is 2.29 bits per heavy atom. The van der Waals surface area contributed by atoms with Gasteiger partial charge in [-0.1, -0.05) is 13.8 Å². The maximum absolute atomic E-state index is 12.7. The molecule has 0 aliphatic heterocycles. The molecular weight excluding hydrogens is 283 g/mol. The summed E-state index contributed by atoms with van der Waals surface area (Å²) in [5.74, 6) is -0.895. The standard InChI is InChI=1S/C14H20F3N3O/c1-13(2,7-18)8-20(3)11-5-4-9(14(15,16)17)6-10(11)12(19)21/h4-6H,7-8,18H2,1-3H3,(H2,19,21). The lowest BCUT2D eigenvalue weighted by molar-refractivity contribution is -0.137. The maximum atomic E-state index is 12.7. The zero-order valence-electron chi connectivity index (χ0n) is 12.3. The first kappa shape index (κ1) is 17.3. The number of benzene rings is 1. The molecule has 1 aromatic rings. The van der Waals surface area contributed by atoms with E-state index in [2.05, 4.69) is 0 Å². The number of nitrogens with two attached hydrogens (primary N) is 2. The van der Waals surface area contributed by atoms with E-state index in [0.29, 0.717) is 18.8 Å². The van der Waals surface area contributed by atoms with Crippen molar-refractivity contribution in [2.24, 2.45) is 16.9 Å². The smallest absolute Gasteiger partial charge is 0.373 e. The van der Waals surface area contributed by atoms with E-state index in [0.717, 1.165) is 12.1 Å². The van der Waals surface area contributed by atoms with Crippen LogP contribution in [-0.4, -0.2) is 26.0 Å². The Labute approximate surface area is 121 Å². The van der Waals surface area contributed by atoms with Gasteiger partial charge in [0.05, 0.1) is 11.1 Å². The van der Waals surface area contributed by atoms with Gasteiger partial charge >= 0.3 is 6.18 Å². The van der Waals surface area contributed by atoms with Crippen molar-refractivity contribution >= 4 is 11.6 Å². The van der Waals surface area contributed by atoms with Crippen LogP contribution in [0.5, 0.6) is 0 Å². The lowest BCUT2D eigenvalue weighted by Gasteiger charge is -2.31. The molecule has 21 heavy (non-hydrogen) atoms. The molecule has 0 saturated carbocycles. The van der Waals surface area contributed by atoms with E-state index in [4.69, 9.17) is 11.5 Å². The summed E-state index contributed by atoms with van der Waals surface area (Å²) in [5, 5.41) is 0. The van der Waals surface area contributed by atoms with E-state index in [1.807, 2.05) is 13.8 Å². The van der Waals surface area contributed by atoms with Crippen LogP contribution < -0.4 is 16.4 Å². The van der Waals surface area contributed by atoms with E-state index in [-0.39, 0.29) is 11.0 Å². The molecule has 118 valence electrons. The van der Waals surface area contributed by atoms with Crippen molar-refractivity contribution in [2.75, 3.05) is 25.0 Å². The van der Waals surface area contributed by atoms with Crippen molar-refractivity contribution in [1.29, 1.82) is 0 Å². The van der Waals surface area contributed by atoms with Gasteiger partial charge in [0.25, 0.3) is 5.91 Å². The van der Waals surface area contributed by atoms with Gasteiger partial charge in [0.15, 0.2) is 0 Å². The van der Waals surface area contributed by atoms with Crippen molar-refractivity contribution in [2.45, 2.75) is 20.0 Å². The molecule has 1 amide bonds. The van der Waals surface area contributed by atoms with Crippen molar-refractivity contribution in [3.05, 3.63) is 29.3 Å². The number of anilines is 1. The van der Waals surface area contributed by atoms with Crippen LogP contribution >= 0.6 is 0 Å². The monoisotopic (exact) mass is 303 g/mol. The summed E-state index contributed by atoms with van der Waals surface area (Å²) in [6.07, 6.45) is -4.52. The number of primary amides is 1. The number of halogens is 3. The van der Waals surface area contributed by atoms with E-state index < -0.39 is 17.6 Å². The van der Waals surface area contributed by atoms with Crippen LogP contribution in [0.25, 0.3) is 0 Å². The van der Waals surface area contributed by atoms with Gasteiger partial charge in [0, 0.05) is 19.3 Å². The number of nitrogens with zero attached hydrogens (tertiary/aromatic N) is 1. The van der Waals surface area contributed by atoms with Gasteiger partial charge in [0.2, 0.25) is 0 Å². The summed E-state index contributed by atoms with van der Waals surface area (Å²) < 4.78 is 38.1. The van der Waals surface area contributed by atoms with E-state index in [1.165, 1.54) is 6.07 Å². The molecule has 1 aromatic carbocycles. The van der Waals surface area contributed by atoms with E-state index >= 15 is 0 Å². The van der Waals surface area contributed by atoms with Crippen molar-refractivity contribution < 1.29 is 18.0 Å². The predicted molar refractivity (Wildman–Crippen MR) is 76.1 cm³/mol. The lowest BCUT2D eigenvalue weighted by atomic mass is 9.92. The molecule has 0 atom stereocenters. The predicted octanol–water partition coefficient (Wildman–Crippen LogP) is 2.23. The quantitative estimate of drug-likeness (QED) is 0.876. The Bertz CT molecular complexity index is 527. The summed E-state index contributed by atoms with van der Waals surface area (Å²) in [6, 6.07) is 2.98. The number of amides is 1. The molecule has 4 N–H and O–H groups in total. The molecule has 1 rings (SSSR count). The minimum atomic E-state index is -4.52.